The molecule has 0 aromatic carbocycles. The van der Waals surface area contributed by atoms with Gasteiger partial charge in [-0.25, -0.2) is 0 Å². The van der Waals surface area contributed by atoms with E-state index in [-0.39, 0.29) is 12.2 Å². The molecule has 0 unspecified atom stereocenters. The molecule has 3 aliphatic rings. The summed E-state index contributed by atoms with van der Waals surface area (Å²) in [5.74, 6) is 0.905. The standard InChI is InChI=1S/C10H16O4/c1-11-3-5-6(4-12-2)8-10-9(14-10)7(5)13-8/h5-10H,3-4H2,1-2H3/t5-,6+,7-,8+,9-,10+. The topological polar surface area (TPSA) is 40.2 Å². The van der Waals surface area contributed by atoms with Gasteiger partial charge < -0.3 is 18.9 Å². The lowest BCUT2D eigenvalue weighted by atomic mass is 9.80. The van der Waals surface area contributed by atoms with Crippen molar-refractivity contribution in [3.05, 3.63) is 0 Å². The lowest BCUT2D eigenvalue weighted by Crippen LogP contribution is -2.37. The number of epoxide rings is 1. The molecule has 0 aromatic heterocycles. The summed E-state index contributed by atoms with van der Waals surface area (Å²) in [5, 5.41) is 0. The second kappa shape index (κ2) is 3.17. The molecule has 3 rings (SSSR count). The van der Waals surface area contributed by atoms with Gasteiger partial charge in [-0.2, -0.15) is 0 Å². The number of hydrogen-bond acceptors (Lipinski definition) is 4. The van der Waals surface area contributed by atoms with E-state index in [9.17, 15) is 0 Å². The second-order valence-electron chi connectivity index (χ2n) is 4.37. The maximum absolute atomic E-state index is 5.88. The summed E-state index contributed by atoms with van der Waals surface area (Å²) in [4.78, 5) is 0. The SMILES string of the molecule is COC[C@@H]1[C@H](COC)[C@@H]2O[C@H]1[C@H]1O[C@H]12. The third-order valence-electron chi connectivity index (χ3n) is 3.64. The molecular weight excluding hydrogens is 184 g/mol. The van der Waals surface area contributed by atoms with Crippen LogP contribution in [-0.2, 0) is 18.9 Å². The molecule has 6 atom stereocenters. The molecule has 4 heteroatoms. The van der Waals surface area contributed by atoms with Crippen LogP contribution in [0.25, 0.3) is 0 Å². The summed E-state index contributed by atoms with van der Waals surface area (Å²) in [6, 6.07) is 0. The van der Waals surface area contributed by atoms with Crippen molar-refractivity contribution in [3.8, 4) is 0 Å². The average molecular weight is 200 g/mol. The monoisotopic (exact) mass is 200 g/mol. The van der Waals surface area contributed by atoms with E-state index in [1.807, 2.05) is 0 Å². The molecule has 0 N–H and O–H groups in total. The number of rotatable bonds is 4. The summed E-state index contributed by atoms with van der Waals surface area (Å²) in [7, 11) is 3.47. The summed E-state index contributed by atoms with van der Waals surface area (Å²) in [5.41, 5.74) is 0. The Kier molecular flexibility index (Phi) is 2.06. The predicted molar refractivity (Wildman–Crippen MR) is 48.1 cm³/mol. The molecule has 0 spiro atoms. The van der Waals surface area contributed by atoms with Crippen molar-refractivity contribution in [3.63, 3.8) is 0 Å². The quantitative estimate of drug-likeness (QED) is 0.602. The predicted octanol–water partition coefficient (Wildman–Crippen LogP) is 0.0600. The van der Waals surface area contributed by atoms with E-state index in [1.54, 1.807) is 14.2 Å². The van der Waals surface area contributed by atoms with E-state index in [4.69, 9.17) is 18.9 Å². The molecule has 3 saturated heterocycles. The molecule has 80 valence electrons. The zero-order valence-corrected chi connectivity index (χ0v) is 8.51. The molecule has 3 fully saturated rings. The first-order valence-electron chi connectivity index (χ1n) is 5.15. The van der Waals surface area contributed by atoms with Crippen LogP contribution in [0.1, 0.15) is 0 Å². The average Bonchev–Trinajstić information content (AvgIpc) is 2.82. The molecule has 3 heterocycles. The van der Waals surface area contributed by atoms with Gasteiger partial charge >= 0.3 is 0 Å². The van der Waals surface area contributed by atoms with Gasteiger partial charge in [0.25, 0.3) is 0 Å². The maximum atomic E-state index is 5.88. The van der Waals surface area contributed by atoms with Gasteiger partial charge in [0.1, 0.15) is 12.2 Å². The Morgan fingerprint density at radius 3 is 1.64 bits per heavy atom. The van der Waals surface area contributed by atoms with E-state index >= 15 is 0 Å². The van der Waals surface area contributed by atoms with Gasteiger partial charge in [-0.3, -0.25) is 0 Å². The van der Waals surface area contributed by atoms with Crippen LogP contribution in [0.4, 0.5) is 0 Å². The van der Waals surface area contributed by atoms with Gasteiger partial charge in [-0.1, -0.05) is 0 Å². The van der Waals surface area contributed by atoms with Gasteiger partial charge in [0, 0.05) is 26.1 Å². The van der Waals surface area contributed by atoms with Crippen LogP contribution in [0.3, 0.4) is 0 Å². The molecule has 0 amide bonds. The molecule has 2 bridgehead atoms. The zero-order valence-electron chi connectivity index (χ0n) is 8.51. The van der Waals surface area contributed by atoms with E-state index in [1.165, 1.54) is 0 Å². The van der Waals surface area contributed by atoms with Gasteiger partial charge in [-0.05, 0) is 0 Å². The van der Waals surface area contributed by atoms with Gasteiger partial charge in [0.2, 0.25) is 0 Å². The third kappa shape index (κ3) is 1.08. The van der Waals surface area contributed by atoms with Crippen LogP contribution in [0.5, 0.6) is 0 Å². The fourth-order valence-corrected chi connectivity index (χ4v) is 3.00. The number of ether oxygens (including phenoxy) is 4. The highest BCUT2D eigenvalue weighted by Crippen LogP contribution is 2.53. The van der Waals surface area contributed by atoms with Crippen molar-refractivity contribution in [1.29, 1.82) is 0 Å². The van der Waals surface area contributed by atoms with Crippen molar-refractivity contribution >= 4 is 0 Å². The molecule has 4 nitrogen and oxygen atoms in total. The molecule has 0 aliphatic carbocycles. The van der Waals surface area contributed by atoms with Crippen molar-refractivity contribution in [2.75, 3.05) is 27.4 Å². The first-order chi connectivity index (χ1) is 6.86. The Labute approximate surface area is 83.5 Å². The Morgan fingerprint density at radius 2 is 1.21 bits per heavy atom. The lowest BCUT2D eigenvalue weighted by Gasteiger charge is -2.24. The lowest BCUT2D eigenvalue weighted by molar-refractivity contribution is -0.00242. The van der Waals surface area contributed by atoms with Crippen LogP contribution in [-0.4, -0.2) is 51.8 Å². The van der Waals surface area contributed by atoms with Gasteiger partial charge in [-0.15, -0.1) is 0 Å². The fraction of sp³-hybridized carbons (Fsp3) is 1.00. The van der Waals surface area contributed by atoms with E-state index in [0.29, 0.717) is 24.0 Å². The highest BCUT2D eigenvalue weighted by molar-refractivity contribution is 5.14. The summed E-state index contributed by atoms with van der Waals surface area (Å²) in [6.07, 6.45) is 1.22. The molecule has 0 radical (unpaired) electrons. The fourth-order valence-electron chi connectivity index (χ4n) is 3.00. The minimum Gasteiger partial charge on any atom is -0.384 e. The van der Waals surface area contributed by atoms with Crippen molar-refractivity contribution < 1.29 is 18.9 Å². The Bertz CT molecular complexity index is 210. The highest BCUT2D eigenvalue weighted by atomic mass is 16.7. The van der Waals surface area contributed by atoms with Crippen LogP contribution in [0.2, 0.25) is 0 Å². The molecule has 3 aliphatic heterocycles. The largest absolute Gasteiger partial charge is 0.384 e. The molecule has 0 saturated carbocycles. The Morgan fingerprint density at radius 1 is 0.786 bits per heavy atom. The highest BCUT2D eigenvalue weighted by Gasteiger charge is 2.68. The summed E-state index contributed by atoms with van der Waals surface area (Å²) >= 11 is 0. The van der Waals surface area contributed by atoms with Crippen LogP contribution in [0, 0.1) is 11.8 Å². The Balaban J connectivity index is 1.74. The van der Waals surface area contributed by atoms with E-state index < -0.39 is 0 Å². The van der Waals surface area contributed by atoms with Crippen molar-refractivity contribution in [2.24, 2.45) is 11.8 Å². The van der Waals surface area contributed by atoms with Gasteiger partial charge in [0.15, 0.2) is 0 Å². The summed E-state index contributed by atoms with van der Waals surface area (Å²) < 4.78 is 21.9. The number of methoxy groups -OCH3 is 2. The van der Waals surface area contributed by atoms with Gasteiger partial charge in [0.05, 0.1) is 25.4 Å². The maximum Gasteiger partial charge on any atom is 0.113 e. The molecule has 14 heavy (non-hydrogen) atoms. The smallest absolute Gasteiger partial charge is 0.113 e. The van der Waals surface area contributed by atoms with E-state index in [0.717, 1.165) is 13.2 Å². The third-order valence-corrected chi connectivity index (χ3v) is 3.64. The minimum atomic E-state index is 0.255. The molecular formula is C10H16O4. The van der Waals surface area contributed by atoms with Crippen molar-refractivity contribution in [2.45, 2.75) is 24.4 Å². The number of fused-ring (bicyclic) bond motifs is 5. The Hall–Kier alpha value is -0.160. The number of hydrogen-bond donors (Lipinski definition) is 0. The molecule has 0 aromatic rings. The second-order valence-corrected chi connectivity index (χ2v) is 4.37. The normalized spacial score (nSPS) is 53.6. The van der Waals surface area contributed by atoms with Crippen LogP contribution in [0.15, 0.2) is 0 Å². The zero-order chi connectivity index (χ0) is 9.71. The van der Waals surface area contributed by atoms with E-state index in [2.05, 4.69) is 0 Å². The van der Waals surface area contributed by atoms with Crippen molar-refractivity contribution in [1.82, 2.24) is 0 Å². The first-order valence-corrected chi connectivity index (χ1v) is 5.15. The van der Waals surface area contributed by atoms with Crippen LogP contribution >= 0.6 is 0 Å². The first kappa shape index (κ1) is 9.09. The summed E-state index contributed by atoms with van der Waals surface area (Å²) in [6.45, 7) is 1.50. The van der Waals surface area contributed by atoms with Crippen LogP contribution < -0.4 is 0 Å². The minimum absolute atomic E-state index is 0.255.